The Bertz CT molecular complexity index is 528. The predicted octanol–water partition coefficient (Wildman–Crippen LogP) is 2.65. The summed E-state index contributed by atoms with van der Waals surface area (Å²) in [4.78, 5) is 15.9. The average molecular weight is 248 g/mol. The number of pyridine rings is 1. The molecule has 0 fully saturated rings. The van der Waals surface area contributed by atoms with E-state index in [0.29, 0.717) is 16.1 Å². The van der Waals surface area contributed by atoms with Crippen molar-refractivity contribution in [2.75, 3.05) is 0 Å². The molecule has 2 rings (SSSR count). The Morgan fingerprint density at radius 2 is 2.00 bits per heavy atom. The second-order valence-electron chi connectivity index (χ2n) is 3.53. The summed E-state index contributed by atoms with van der Waals surface area (Å²) in [5.74, 6) is -0.427. The van der Waals surface area contributed by atoms with Crippen molar-refractivity contribution in [3.63, 3.8) is 0 Å². The lowest BCUT2D eigenvalue weighted by molar-refractivity contribution is 0.0747. The number of benzene rings is 1. The van der Waals surface area contributed by atoms with Crippen LogP contribution < -0.4 is 0 Å². The van der Waals surface area contributed by atoms with Crippen molar-refractivity contribution in [2.24, 2.45) is 0 Å². The molecule has 0 amide bonds. The van der Waals surface area contributed by atoms with Crippen LogP contribution >= 0.6 is 11.6 Å². The van der Waals surface area contributed by atoms with Gasteiger partial charge in [0.2, 0.25) is 0 Å². The van der Waals surface area contributed by atoms with Gasteiger partial charge in [0.05, 0.1) is 5.02 Å². The molecule has 1 unspecified atom stereocenters. The van der Waals surface area contributed by atoms with Gasteiger partial charge in [-0.3, -0.25) is 9.78 Å². The quantitative estimate of drug-likeness (QED) is 0.849. The Morgan fingerprint density at radius 1 is 1.24 bits per heavy atom. The molecule has 1 heterocycles. The summed E-state index contributed by atoms with van der Waals surface area (Å²) in [6.07, 6.45) is 1.80. The second-order valence-corrected chi connectivity index (χ2v) is 3.94. The molecule has 0 aliphatic rings. The Morgan fingerprint density at radius 3 is 2.65 bits per heavy atom. The van der Waals surface area contributed by atoms with E-state index in [1.807, 2.05) is 0 Å². The topological polar surface area (TPSA) is 50.2 Å². The maximum absolute atomic E-state index is 12.0. The molecule has 17 heavy (non-hydrogen) atoms. The van der Waals surface area contributed by atoms with Crippen molar-refractivity contribution < 1.29 is 9.90 Å². The molecule has 0 aliphatic heterocycles. The van der Waals surface area contributed by atoms with E-state index in [9.17, 15) is 9.90 Å². The molecular weight excluding hydrogens is 238 g/mol. The van der Waals surface area contributed by atoms with Crippen molar-refractivity contribution in [2.45, 2.75) is 6.10 Å². The smallest absolute Gasteiger partial charge is 0.197 e. The zero-order valence-electron chi connectivity index (χ0n) is 8.88. The van der Waals surface area contributed by atoms with Crippen LogP contribution in [0, 0.1) is 0 Å². The van der Waals surface area contributed by atoms with Gasteiger partial charge in [-0.05, 0) is 18.2 Å². The van der Waals surface area contributed by atoms with Gasteiger partial charge in [0.1, 0.15) is 6.10 Å². The molecule has 86 valence electrons. The standard InChI is InChI=1S/C13H10ClNO2/c14-11-6-2-1-5-10(11)13(17)12(16)9-4-3-7-15-8-9/h1-8,12,16H. The molecule has 1 aromatic carbocycles. The van der Waals surface area contributed by atoms with Crippen LogP contribution in [0.15, 0.2) is 48.8 Å². The minimum atomic E-state index is -1.23. The largest absolute Gasteiger partial charge is 0.380 e. The second kappa shape index (κ2) is 5.08. The molecule has 0 bridgehead atoms. The molecule has 2 aromatic rings. The Balaban J connectivity index is 2.30. The van der Waals surface area contributed by atoms with Gasteiger partial charge in [-0.1, -0.05) is 29.8 Å². The average Bonchev–Trinajstić information content (AvgIpc) is 2.39. The molecule has 0 spiro atoms. The highest BCUT2D eigenvalue weighted by atomic mass is 35.5. The maximum atomic E-state index is 12.0. The summed E-state index contributed by atoms with van der Waals surface area (Å²) in [5.41, 5.74) is 0.767. The molecule has 1 atom stereocenters. The number of carbonyl (C=O) groups excluding carboxylic acids is 1. The van der Waals surface area contributed by atoms with E-state index in [1.54, 1.807) is 42.6 Å². The fourth-order valence-corrected chi connectivity index (χ4v) is 1.73. The summed E-state index contributed by atoms with van der Waals surface area (Å²) in [6, 6.07) is 9.95. The van der Waals surface area contributed by atoms with Crippen LogP contribution in [0.1, 0.15) is 22.0 Å². The van der Waals surface area contributed by atoms with E-state index in [4.69, 9.17) is 11.6 Å². The van der Waals surface area contributed by atoms with Crippen molar-refractivity contribution >= 4 is 17.4 Å². The Labute approximate surface area is 104 Å². The highest BCUT2D eigenvalue weighted by Gasteiger charge is 2.20. The number of Topliss-reactive ketones (excluding diaryl/α,β-unsaturated/α-hetero) is 1. The summed E-state index contributed by atoms with van der Waals surface area (Å²) in [7, 11) is 0. The van der Waals surface area contributed by atoms with E-state index >= 15 is 0 Å². The SMILES string of the molecule is O=C(c1ccccc1Cl)C(O)c1cccnc1. The van der Waals surface area contributed by atoms with E-state index in [2.05, 4.69) is 4.98 Å². The van der Waals surface area contributed by atoms with Gasteiger partial charge in [-0.15, -0.1) is 0 Å². The normalized spacial score (nSPS) is 12.1. The maximum Gasteiger partial charge on any atom is 0.197 e. The lowest BCUT2D eigenvalue weighted by Crippen LogP contribution is -2.12. The van der Waals surface area contributed by atoms with E-state index in [-0.39, 0.29) is 0 Å². The van der Waals surface area contributed by atoms with Gasteiger partial charge in [-0.2, -0.15) is 0 Å². The first kappa shape index (κ1) is 11.8. The zero-order chi connectivity index (χ0) is 12.3. The third-order valence-electron chi connectivity index (χ3n) is 2.39. The van der Waals surface area contributed by atoms with Crippen LogP contribution in [0.25, 0.3) is 0 Å². The van der Waals surface area contributed by atoms with E-state index in [0.717, 1.165) is 0 Å². The highest BCUT2D eigenvalue weighted by molar-refractivity contribution is 6.34. The Hall–Kier alpha value is -1.71. The van der Waals surface area contributed by atoms with Crippen molar-refractivity contribution in [1.29, 1.82) is 0 Å². The number of rotatable bonds is 3. The number of nitrogens with zero attached hydrogens (tertiary/aromatic N) is 1. The van der Waals surface area contributed by atoms with Crippen molar-refractivity contribution in [3.05, 3.63) is 64.9 Å². The van der Waals surface area contributed by atoms with Crippen LogP contribution in [0.4, 0.5) is 0 Å². The number of aliphatic hydroxyl groups excluding tert-OH is 1. The van der Waals surface area contributed by atoms with Gasteiger partial charge < -0.3 is 5.11 Å². The van der Waals surface area contributed by atoms with Gasteiger partial charge in [0.15, 0.2) is 5.78 Å². The highest BCUT2D eigenvalue weighted by Crippen LogP contribution is 2.22. The third-order valence-corrected chi connectivity index (χ3v) is 2.72. The number of halogens is 1. The van der Waals surface area contributed by atoms with Crippen LogP contribution in [-0.2, 0) is 0 Å². The molecule has 0 saturated heterocycles. The number of aliphatic hydroxyl groups is 1. The summed E-state index contributed by atoms with van der Waals surface area (Å²) in [5, 5.41) is 10.3. The van der Waals surface area contributed by atoms with Crippen LogP contribution in [0.3, 0.4) is 0 Å². The summed E-state index contributed by atoms with van der Waals surface area (Å²) in [6.45, 7) is 0. The van der Waals surface area contributed by atoms with Gasteiger partial charge in [0, 0.05) is 23.5 Å². The van der Waals surface area contributed by atoms with Gasteiger partial charge in [-0.25, -0.2) is 0 Å². The number of hydrogen-bond donors (Lipinski definition) is 1. The molecule has 3 nitrogen and oxygen atoms in total. The number of ketones is 1. The molecule has 1 N–H and O–H groups in total. The van der Waals surface area contributed by atoms with E-state index < -0.39 is 11.9 Å². The predicted molar refractivity (Wildman–Crippen MR) is 65.0 cm³/mol. The lowest BCUT2D eigenvalue weighted by atomic mass is 10.0. The summed E-state index contributed by atoms with van der Waals surface area (Å²) < 4.78 is 0. The lowest BCUT2D eigenvalue weighted by Gasteiger charge is -2.10. The fourth-order valence-electron chi connectivity index (χ4n) is 1.50. The van der Waals surface area contributed by atoms with Crippen molar-refractivity contribution in [1.82, 2.24) is 4.98 Å². The van der Waals surface area contributed by atoms with Gasteiger partial charge >= 0.3 is 0 Å². The van der Waals surface area contributed by atoms with Crippen molar-refractivity contribution in [3.8, 4) is 0 Å². The van der Waals surface area contributed by atoms with Crippen LogP contribution in [-0.4, -0.2) is 15.9 Å². The first-order valence-corrected chi connectivity index (χ1v) is 5.44. The number of aromatic nitrogens is 1. The summed E-state index contributed by atoms with van der Waals surface area (Å²) >= 11 is 5.90. The minimum absolute atomic E-state index is 0.311. The molecule has 1 aromatic heterocycles. The fraction of sp³-hybridized carbons (Fsp3) is 0.0769. The molecule has 4 heteroatoms. The molecule has 0 radical (unpaired) electrons. The number of carbonyl (C=O) groups is 1. The van der Waals surface area contributed by atoms with Gasteiger partial charge in [0.25, 0.3) is 0 Å². The number of hydrogen-bond acceptors (Lipinski definition) is 3. The van der Waals surface area contributed by atoms with Crippen LogP contribution in [0.5, 0.6) is 0 Å². The van der Waals surface area contributed by atoms with Crippen LogP contribution in [0.2, 0.25) is 5.02 Å². The molecule has 0 aliphatic carbocycles. The third kappa shape index (κ3) is 2.52. The zero-order valence-corrected chi connectivity index (χ0v) is 9.63. The minimum Gasteiger partial charge on any atom is -0.380 e. The Kier molecular flexibility index (Phi) is 3.52. The molecule has 0 saturated carbocycles. The first-order valence-electron chi connectivity index (χ1n) is 5.07. The monoisotopic (exact) mass is 247 g/mol. The molecular formula is C13H10ClNO2. The first-order chi connectivity index (χ1) is 8.20. The van der Waals surface area contributed by atoms with E-state index in [1.165, 1.54) is 6.20 Å².